The van der Waals surface area contributed by atoms with Gasteiger partial charge in [-0.25, -0.2) is 23.2 Å². The van der Waals surface area contributed by atoms with Gasteiger partial charge < -0.3 is 4.74 Å². The molecule has 0 aliphatic rings. The molecule has 11 heteroatoms. The lowest BCUT2D eigenvalue weighted by molar-refractivity contribution is 0.0472. The van der Waals surface area contributed by atoms with E-state index in [0.717, 1.165) is 23.8 Å². The summed E-state index contributed by atoms with van der Waals surface area (Å²) in [5, 5.41) is 7.05. The highest BCUT2D eigenvalue weighted by atomic mass is 19.1. The molecule has 0 N–H and O–H groups in total. The van der Waals surface area contributed by atoms with Crippen LogP contribution in [0.25, 0.3) is 5.69 Å². The van der Waals surface area contributed by atoms with Gasteiger partial charge in [0.25, 0.3) is 0 Å². The van der Waals surface area contributed by atoms with Gasteiger partial charge in [-0.1, -0.05) is 36.4 Å². The van der Waals surface area contributed by atoms with Gasteiger partial charge in [-0.2, -0.15) is 4.68 Å². The molecular weight excluding hydrogens is 484 g/mol. The summed E-state index contributed by atoms with van der Waals surface area (Å²) < 4.78 is 34.5. The molecule has 4 aromatic rings. The molecule has 190 valence electrons. The SMILES string of the molecule is Cc1cc(C(=O)OCc2ccccc2)ccc1N(C(=O)n1nnn(-c2c(F)cccc2F)c1=O)C(C)C. The van der Waals surface area contributed by atoms with E-state index in [1.807, 2.05) is 30.3 Å². The molecule has 0 bridgehead atoms. The van der Waals surface area contributed by atoms with Crippen molar-refractivity contribution in [2.75, 3.05) is 4.90 Å². The van der Waals surface area contributed by atoms with Crippen LogP contribution in [0.5, 0.6) is 0 Å². The second-order valence-corrected chi connectivity index (χ2v) is 8.46. The highest BCUT2D eigenvalue weighted by Crippen LogP contribution is 2.25. The largest absolute Gasteiger partial charge is 0.457 e. The zero-order valence-corrected chi connectivity index (χ0v) is 20.3. The first kappa shape index (κ1) is 25.4. The lowest BCUT2D eigenvalue weighted by atomic mass is 10.1. The Hall–Kier alpha value is -4.67. The average Bonchev–Trinajstić information content (AvgIpc) is 3.24. The Kier molecular flexibility index (Phi) is 7.23. The molecule has 0 atom stereocenters. The molecule has 0 aliphatic heterocycles. The number of nitrogens with zero attached hydrogens (tertiary/aromatic N) is 5. The van der Waals surface area contributed by atoms with Crippen LogP contribution in [-0.2, 0) is 11.3 Å². The summed E-state index contributed by atoms with van der Waals surface area (Å²) in [6.07, 6.45) is 0. The number of halogens is 2. The molecule has 37 heavy (non-hydrogen) atoms. The quantitative estimate of drug-likeness (QED) is 0.286. The fourth-order valence-corrected chi connectivity index (χ4v) is 3.76. The number of aromatic nitrogens is 4. The molecule has 0 saturated carbocycles. The number of amides is 1. The minimum atomic E-state index is -1.14. The highest BCUT2D eigenvalue weighted by molar-refractivity contribution is 5.96. The number of esters is 1. The van der Waals surface area contributed by atoms with Crippen LogP contribution >= 0.6 is 0 Å². The van der Waals surface area contributed by atoms with Crippen LogP contribution in [0.2, 0.25) is 0 Å². The molecule has 4 rings (SSSR count). The number of para-hydroxylation sites is 1. The zero-order chi connectivity index (χ0) is 26.7. The number of tetrazole rings is 1. The first-order valence-corrected chi connectivity index (χ1v) is 11.3. The van der Waals surface area contributed by atoms with Crippen LogP contribution in [0.4, 0.5) is 19.3 Å². The van der Waals surface area contributed by atoms with Crippen LogP contribution in [0.1, 0.15) is 35.3 Å². The number of rotatable bonds is 6. The van der Waals surface area contributed by atoms with Gasteiger partial charge in [0.15, 0.2) is 11.6 Å². The molecule has 1 amide bonds. The van der Waals surface area contributed by atoms with Crippen molar-refractivity contribution < 1.29 is 23.1 Å². The summed E-state index contributed by atoms with van der Waals surface area (Å²) in [5.41, 5.74) is 0.201. The monoisotopic (exact) mass is 507 g/mol. The lowest BCUT2D eigenvalue weighted by Gasteiger charge is -2.27. The highest BCUT2D eigenvalue weighted by Gasteiger charge is 2.28. The minimum absolute atomic E-state index is 0.109. The first-order chi connectivity index (χ1) is 17.7. The number of hydrogen-bond acceptors (Lipinski definition) is 6. The summed E-state index contributed by atoms with van der Waals surface area (Å²) in [6, 6.07) is 15.6. The zero-order valence-electron chi connectivity index (χ0n) is 20.3. The number of ether oxygens (including phenoxy) is 1. The van der Waals surface area contributed by atoms with E-state index < -0.39 is 41.1 Å². The molecule has 0 saturated heterocycles. The lowest BCUT2D eigenvalue weighted by Crippen LogP contribution is -2.45. The van der Waals surface area contributed by atoms with Gasteiger partial charge in [0.1, 0.15) is 12.3 Å². The van der Waals surface area contributed by atoms with Crippen molar-refractivity contribution in [1.29, 1.82) is 0 Å². The number of aryl methyl sites for hydroxylation is 1. The van der Waals surface area contributed by atoms with Crippen molar-refractivity contribution in [3.8, 4) is 5.69 Å². The van der Waals surface area contributed by atoms with Crippen LogP contribution in [0.3, 0.4) is 0 Å². The molecule has 0 radical (unpaired) electrons. The number of carbonyl (C=O) groups excluding carboxylic acids is 2. The van der Waals surface area contributed by atoms with E-state index in [-0.39, 0.29) is 12.2 Å². The Balaban J connectivity index is 1.61. The van der Waals surface area contributed by atoms with Crippen LogP contribution in [-0.4, -0.2) is 37.8 Å². The Morgan fingerprint density at radius 3 is 2.27 bits per heavy atom. The van der Waals surface area contributed by atoms with E-state index in [0.29, 0.717) is 20.6 Å². The standard InChI is InChI=1S/C26H23F2N5O4/c1-16(2)31(25(35)33-26(36)32(29-30-33)23-20(27)10-7-11-21(23)28)22-13-12-19(14-17(22)3)24(34)37-15-18-8-5-4-6-9-18/h4-14,16H,15H2,1-3H3. The van der Waals surface area contributed by atoms with Gasteiger partial charge in [-0.3, -0.25) is 4.90 Å². The molecule has 0 unspecified atom stereocenters. The van der Waals surface area contributed by atoms with Crippen molar-refractivity contribution in [2.24, 2.45) is 0 Å². The van der Waals surface area contributed by atoms with Gasteiger partial charge in [0, 0.05) is 11.7 Å². The van der Waals surface area contributed by atoms with Crippen molar-refractivity contribution in [3.63, 3.8) is 0 Å². The second kappa shape index (κ2) is 10.5. The summed E-state index contributed by atoms with van der Waals surface area (Å²) in [6.45, 7) is 5.23. The maximum Gasteiger partial charge on any atom is 0.377 e. The average molecular weight is 507 g/mol. The van der Waals surface area contributed by atoms with Gasteiger partial charge in [0.2, 0.25) is 0 Å². The predicted octanol–water partition coefficient (Wildman–Crippen LogP) is 4.26. The number of benzene rings is 3. The molecule has 0 spiro atoms. The van der Waals surface area contributed by atoms with Crippen molar-refractivity contribution in [2.45, 2.75) is 33.4 Å². The van der Waals surface area contributed by atoms with E-state index in [1.54, 1.807) is 32.9 Å². The van der Waals surface area contributed by atoms with Crippen molar-refractivity contribution in [1.82, 2.24) is 19.8 Å². The smallest absolute Gasteiger partial charge is 0.377 e. The molecule has 9 nitrogen and oxygen atoms in total. The maximum absolute atomic E-state index is 14.2. The van der Waals surface area contributed by atoms with Crippen molar-refractivity contribution >= 4 is 17.7 Å². The third kappa shape index (κ3) is 5.15. The first-order valence-electron chi connectivity index (χ1n) is 11.3. The van der Waals surface area contributed by atoms with E-state index in [2.05, 4.69) is 10.4 Å². The Bertz CT molecular complexity index is 1490. The second-order valence-electron chi connectivity index (χ2n) is 8.46. The third-order valence-electron chi connectivity index (χ3n) is 5.54. The van der Waals surface area contributed by atoms with Crippen LogP contribution in [0, 0.1) is 18.6 Å². The number of anilines is 1. The number of hydrogen-bond donors (Lipinski definition) is 0. The Morgan fingerprint density at radius 1 is 0.973 bits per heavy atom. The topological polar surface area (TPSA) is 99.3 Å². The fourth-order valence-electron chi connectivity index (χ4n) is 3.76. The molecule has 3 aromatic carbocycles. The van der Waals surface area contributed by atoms with Gasteiger partial charge >= 0.3 is 17.7 Å². The van der Waals surface area contributed by atoms with E-state index >= 15 is 0 Å². The normalized spacial score (nSPS) is 11.0. The van der Waals surface area contributed by atoms with Gasteiger partial charge in [-0.15, -0.1) is 4.68 Å². The van der Waals surface area contributed by atoms with E-state index in [4.69, 9.17) is 4.74 Å². The van der Waals surface area contributed by atoms with Gasteiger partial charge in [0.05, 0.1) is 5.56 Å². The summed E-state index contributed by atoms with van der Waals surface area (Å²) in [4.78, 5) is 40.0. The summed E-state index contributed by atoms with van der Waals surface area (Å²) in [5.74, 6) is -2.60. The molecular formula is C26H23F2N5O4. The maximum atomic E-state index is 14.2. The number of carbonyl (C=O) groups is 2. The predicted molar refractivity (Wildman–Crippen MR) is 131 cm³/mol. The molecule has 1 aromatic heterocycles. The molecule has 1 heterocycles. The van der Waals surface area contributed by atoms with E-state index in [1.165, 1.54) is 11.0 Å². The Labute approximate surface area is 210 Å². The van der Waals surface area contributed by atoms with Gasteiger partial charge in [-0.05, 0) is 72.7 Å². The van der Waals surface area contributed by atoms with Crippen molar-refractivity contribution in [3.05, 3.63) is 106 Å². The summed E-state index contributed by atoms with van der Waals surface area (Å²) in [7, 11) is 0. The molecule has 0 aliphatic carbocycles. The van der Waals surface area contributed by atoms with Crippen LogP contribution in [0.15, 0.2) is 71.5 Å². The fraction of sp³-hybridized carbons (Fsp3) is 0.192. The van der Waals surface area contributed by atoms with Crippen LogP contribution < -0.4 is 10.6 Å². The Morgan fingerprint density at radius 2 is 1.65 bits per heavy atom. The summed E-state index contributed by atoms with van der Waals surface area (Å²) >= 11 is 0. The molecule has 0 fully saturated rings. The third-order valence-corrected chi connectivity index (χ3v) is 5.54. The minimum Gasteiger partial charge on any atom is -0.457 e. The van der Waals surface area contributed by atoms with E-state index in [9.17, 15) is 23.2 Å².